The smallest absolute Gasteiger partial charge is 0.159 e. The van der Waals surface area contributed by atoms with E-state index in [4.69, 9.17) is 20.6 Å². The first-order valence-electron chi connectivity index (χ1n) is 3.42. The van der Waals surface area contributed by atoms with E-state index in [-0.39, 0.29) is 6.29 Å². The third kappa shape index (κ3) is 5.86. The minimum atomic E-state index is -0.187. The molecule has 0 aromatic rings. The molecule has 0 unspecified atom stereocenters. The predicted molar refractivity (Wildman–Crippen MR) is 42.1 cm³/mol. The minimum absolute atomic E-state index is 0.187. The minimum Gasteiger partial charge on any atom is -0.369 e. The Hall–Kier alpha value is -0.560. The molecule has 0 heterocycles. The van der Waals surface area contributed by atoms with Crippen molar-refractivity contribution in [3.8, 4) is 12.3 Å². The van der Waals surface area contributed by atoms with E-state index >= 15 is 0 Å². The Labute approximate surface area is 67.6 Å². The topological polar surface area (TPSA) is 27.7 Å². The molecule has 0 bridgehead atoms. The van der Waals surface area contributed by atoms with Crippen molar-refractivity contribution < 1.29 is 14.2 Å². The maximum absolute atomic E-state index is 5.02. The molecule has 0 atom stereocenters. The molecule has 11 heavy (non-hydrogen) atoms. The van der Waals surface area contributed by atoms with E-state index in [1.165, 1.54) is 0 Å². The standard InChI is InChI=1S/C8H14O3/c1-4-6-11-7-5-8(9-2)10-3/h1,8H,5-7H2,2-3H3. The molecule has 0 aliphatic heterocycles. The average molecular weight is 158 g/mol. The number of ether oxygens (including phenoxy) is 3. The van der Waals surface area contributed by atoms with Crippen molar-refractivity contribution in [3.05, 3.63) is 0 Å². The predicted octanol–water partition coefficient (Wildman–Crippen LogP) is 0.645. The second-order valence-electron chi connectivity index (χ2n) is 1.95. The number of hydrogen-bond acceptors (Lipinski definition) is 3. The van der Waals surface area contributed by atoms with E-state index in [0.717, 1.165) is 0 Å². The lowest BCUT2D eigenvalue weighted by molar-refractivity contribution is -0.114. The summed E-state index contributed by atoms with van der Waals surface area (Å²) in [6, 6.07) is 0. The molecule has 64 valence electrons. The average Bonchev–Trinajstić information content (AvgIpc) is 2.05. The van der Waals surface area contributed by atoms with Gasteiger partial charge in [0.25, 0.3) is 0 Å². The monoisotopic (exact) mass is 158 g/mol. The number of terminal acetylenes is 1. The van der Waals surface area contributed by atoms with Gasteiger partial charge in [0.1, 0.15) is 6.61 Å². The highest BCUT2D eigenvalue weighted by atomic mass is 16.7. The molecule has 0 aliphatic rings. The van der Waals surface area contributed by atoms with Gasteiger partial charge in [0, 0.05) is 20.6 Å². The van der Waals surface area contributed by atoms with Gasteiger partial charge in [-0.25, -0.2) is 0 Å². The SMILES string of the molecule is C#CCOCCC(OC)OC. The molecular weight excluding hydrogens is 144 g/mol. The van der Waals surface area contributed by atoms with Crippen LogP contribution in [0.2, 0.25) is 0 Å². The van der Waals surface area contributed by atoms with Crippen LogP contribution in [0.25, 0.3) is 0 Å². The van der Waals surface area contributed by atoms with Gasteiger partial charge in [-0.1, -0.05) is 5.92 Å². The van der Waals surface area contributed by atoms with Crippen molar-refractivity contribution in [1.82, 2.24) is 0 Å². The van der Waals surface area contributed by atoms with Gasteiger partial charge in [0.15, 0.2) is 6.29 Å². The Morgan fingerprint density at radius 1 is 1.36 bits per heavy atom. The molecule has 3 heteroatoms. The molecular formula is C8H14O3. The third-order valence-corrected chi connectivity index (χ3v) is 1.21. The number of hydrogen-bond donors (Lipinski definition) is 0. The van der Waals surface area contributed by atoms with E-state index < -0.39 is 0 Å². The van der Waals surface area contributed by atoms with Crippen LogP contribution in [0, 0.1) is 12.3 Å². The molecule has 0 saturated heterocycles. The van der Waals surface area contributed by atoms with Gasteiger partial charge in [-0.05, 0) is 0 Å². The van der Waals surface area contributed by atoms with Crippen LogP contribution in [-0.4, -0.2) is 33.7 Å². The lowest BCUT2D eigenvalue weighted by atomic mass is 10.4. The number of rotatable bonds is 6. The van der Waals surface area contributed by atoms with Gasteiger partial charge in [-0.15, -0.1) is 6.42 Å². The molecule has 0 spiro atoms. The second-order valence-corrected chi connectivity index (χ2v) is 1.95. The van der Waals surface area contributed by atoms with Gasteiger partial charge in [-0.2, -0.15) is 0 Å². The van der Waals surface area contributed by atoms with Crippen LogP contribution in [-0.2, 0) is 14.2 Å². The summed E-state index contributed by atoms with van der Waals surface area (Å²) in [4.78, 5) is 0. The highest BCUT2D eigenvalue weighted by Gasteiger charge is 2.02. The summed E-state index contributed by atoms with van der Waals surface area (Å²) < 4.78 is 14.9. The lowest BCUT2D eigenvalue weighted by Gasteiger charge is -2.11. The van der Waals surface area contributed by atoms with E-state index in [2.05, 4.69) is 5.92 Å². The Balaban J connectivity index is 3.16. The van der Waals surface area contributed by atoms with E-state index in [1.807, 2.05) is 0 Å². The van der Waals surface area contributed by atoms with Crippen LogP contribution >= 0.6 is 0 Å². The molecule has 0 amide bonds. The Bertz CT molecular complexity index is 113. The lowest BCUT2D eigenvalue weighted by Crippen LogP contribution is -2.15. The summed E-state index contributed by atoms with van der Waals surface area (Å²) in [5, 5.41) is 0. The van der Waals surface area contributed by atoms with Gasteiger partial charge in [0.05, 0.1) is 6.61 Å². The Kier molecular flexibility index (Phi) is 7.16. The van der Waals surface area contributed by atoms with Crippen LogP contribution in [0.3, 0.4) is 0 Å². The molecule has 3 nitrogen and oxygen atoms in total. The quantitative estimate of drug-likeness (QED) is 0.322. The zero-order chi connectivity index (χ0) is 8.53. The van der Waals surface area contributed by atoms with Gasteiger partial charge in [-0.3, -0.25) is 0 Å². The molecule has 0 aliphatic carbocycles. The van der Waals surface area contributed by atoms with Crippen LogP contribution in [0.4, 0.5) is 0 Å². The Morgan fingerprint density at radius 3 is 2.45 bits per heavy atom. The van der Waals surface area contributed by atoms with Crippen molar-refractivity contribution in [2.24, 2.45) is 0 Å². The zero-order valence-corrected chi connectivity index (χ0v) is 7.00. The summed E-state index contributed by atoms with van der Waals surface area (Å²) in [7, 11) is 3.19. The van der Waals surface area contributed by atoms with Gasteiger partial charge < -0.3 is 14.2 Å². The largest absolute Gasteiger partial charge is 0.369 e. The van der Waals surface area contributed by atoms with E-state index in [9.17, 15) is 0 Å². The van der Waals surface area contributed by atoms with Crippen LogP contribution in [0.1, 0.15) is 6.42 Å². The van der Waals surface area contributed by atoms with Crippen molar-refractivity contribution in [2.75, 3.05) is 27.4 Å². The molecule has 0 saturated carbocycles. The fraction of sp³-hybridized carbons (Fsp3) is 0.750. The molecule has 0 rings (SSSR count). The highest BCUT2D eigenvalue weighted by Crippen LogP contribution is 1.96. The van der Waals surface area contributed by atoms with Gasteiger partial charge in [0.2, 0.25) is 0 Å². The zero-order valence-electron chi connectivity index (χ0n) is 7.00. The van der Waals surface area contributed by atoms with Crippen molar-refractivity contribution in [3.63, 3.8) is 0 Å². The first-order chi connectivity index (χ1) is 5.35. The molecule has 0 radical (unpaired) electrons. The van der Waals surface area contributed by atoms with E-state index in [0.29, 0.717) is 19.6 Å². The summed E-state index contributed by atoms with van der Waals surface area (Å²) in [5.74, 6) is 2.37. The first-order valence-corrected chi connectivity index (χ1v) is 3.42. The van der Waals surface area contributed by atoms with Gasteiger partial charge >= 0.3 is 0 Å². The van der Waals surface area contributed by atoms with Crippen molar-refractivity contribution >= 4 is 0 Å². The maximum Gasteiger partial charge on any atom is 0.159 e. The van der Waals surface area contributed by atoms with Crippen molar-refractivity contribution in [1.29, 1.82) is 0 Å². The fourth-order valence-electron chi connectivity index (χ4n) is 0.643. The summed E-state index contributed by atoms with van der Waals surface area (Å²) in [5.41, 5.74) is 0. The molecule has 0 N–H and O–H groups in total. The Morgan fingerprint density at radius 2 is 2.00 bits per heavy atom. The van der Waals surface area contributed by atoms with Crippen LogP contribution in [0.15, 0.2) is 0 Å². The molecule has 0 fully saturated rings. The second kappa shape index (κ2) is 7.55. The first kappa shape index (κ1) is 10.4. The fourth-order valence-corrected chi connectivity index (χ4v) is 0.643. The van der Waals surface area contributed by atoms with Crippen molar-refractivity contribution in [2.45, 2.75) is 12.7 Å². The summed E-state index contributed by atoms with van der Waals surface area (Å²) in [6.45, 7) is 0.913. The highest BCUT2D eigenvalue weighted by molar-refractivity contribution is 4.82. The normalized spacial score (nSPS) is 10.0. The third-order valence-electron chi connectivity index (χ3n) is 1.21. The maximum atomic E-state index is 5.02. The number of methoxy groups -OCH3 is 2. The van der Waals surface area contributed by atoms with E-state index in [1.54, 1.807) is 14.2 Å². The van der Waals surface area contributed by atoms with Crippen LogP contribution in [0.5, 0.6) is 0 Å². The van der Waals surface area contributed by atoms with Crippen LogP contribution < -0.4 is 0 Å². The molecule has 0 aromatic carbocycles. The summed E-state index contributed by atoms with van der Waals surface area (Å²) in [6.07, 6.45) is 5.49. The molecule has 0 aromatic heterocycles. The summed E-state index contributed by atoms with van der Waals surface area (Å²) >= 11 is 0.